The van der Waals surface area contributed by atoms with Gasteiger partial charge >= 0.3 is 13.1 Å². The number of hydrogen-bond acceptors (Lipinski definition) is 8. The molecule has 1 heterocycles. The number of rotatable bonds is 6. The second-order valence-corrected chi connectivity index (χ2v) is 14.0. The van der Waals surface area contributed by atoms with Gasteiger partial charge in [0, 0.05) is 42.1 Å². The van der Waals surface area contributed by atoms with Gasteiger partial charge in [0.2, 0.25) is 5.91 Å². The molecule has 1 aliphatic heterocycles. The summed E-state index contributed by atoms with van der Waals surface area (Å²) in [5, 5.41) is 33.0. The molecular formula is C32H42BFN2O9. The number of ketones is 1. The molecule has 3 fully saturated rings. The number of nitrogens with one attached hydrogen (secondary N) is 2. The molecular weight excluding hydrogens is 586 g/mol. The zero-order valence-electron chi connectivity index (χ0n) is 26.3. The monoisotopic (exact) mass is 628 g/mol. The number of hydrogen-bond donors (Lipinski definition) is 5. The van der Waals surface area contributed by atoms with Crippen LogP contribution in [-0.2, 0) is 30.4 Å². The number of fused-ring (bicyclic) bond motifs is 1. The van der Waals surface area contributed by atoms with Gasteiger partial charge in [0.25, 0.3) is 5.91 Å². The SMILES string of the molecule is CC(=O)NNC(=O)/C=C/[C@]1(C)C[C@@H](C(Oc2ccc3c(c2F)B(O)OC3)C(=O)O)[C@@]2(C)[C@H](C)CC[C@]3(CCC(=O)[C@H]32)[C@@H](C)[C@@H]1O. The molecule has 0 spiro atoms. The third-order valence-corrected chi connectivity index (χ3v) is 11.7. The normalized spacial score (nSPS) is 36.5. The number of carboxylic acid groups (broad SMARTS) is 1. The van der Waals surface area contributed by atoms with Crippen molar-refractivity contribution in [1.29, 1.82) is 0 Å². The first-order valence-corrected chi connectivity index (χ1v) is 15.5. The fourth-order valence-electron chi connectivity index (χ4n) is 9.13. The number of carboxylic acids is 1. The van der Waals surface area contributed by atoms with E-state index in [0.717, 1.165) is 0 Å². The van der Waals surface area contributed by atoms with Crippen LogP contribution in [-0.4, -0.2) is 58.1 Å². The summed E-state index contributed by atoms with van der Waals surface area (Å²) < 4.78 is 26.9. The van der Waals surface area contributed by atoms with Crippen molar-refractivity contribution in [2.75, 3.05) is 0 Å². The van der Waals surface area contributed by atoms with Gasteiger partial charge in [-0.2, -0.15) is 0 Å². The van der Waals surface area contributed by atoms with E-state index in [1.807, 2.05) is 20.8 Å². The Morgan fingerprint density at radius 3 is 2.58 bits per heavy atom. The molecule has 3 saturated carbocycles. The Bertz CT molecular complexity index is 1440. The van der Waals surface area contributed by atoms with Crippen molar-refractivity contribution < 1.29 is 48.2 Å². The number of carbonyl (C=O) groups is 4. The number of carbonyl (C=O) groups excluding carboxylic acids is 3. The number of Topliss-reactive ketones (excluding diaryl/α,β-unsaturated/α-hetero) is 1. The molecule has 13 heteroatoms. The first kappa shape index (κ1) is 33.1. The molecule has 4 aliphatic rings. The topological polar surface area (TPSA) is 171 Å². The van der Waals surface area contributed by atoms with Gasteiger partial charge in [-0.25, -0.2) is 9.18 Å². The molecule has 1 aromatic carbocycles. The van der Waals surface area contributed by atoms with Gasteiger partial charge in [0.15, 0.2) is 17.7 Å². The van der Waals surface area contributed by atoms with E-state index in [1.54, 1.807) is 6.92 Å². The van der Waals surface area contributed by atoms with Gasteiger partial charge in [0.1, 0.15) is 5.78 Å². The van der Waals surface area contributed by atoms with Crippen molar-refractivity contribution in [1.82, 2.24) is 10.9 Å². The Morgan fingerprint density at radius 2 is 1.91 bits per heavy atom. The highest BCUT2D eigenvalue weighted by Crippen LogP contribution is 2.69. The number of aliphatic carboxylic acids is 1. The lowest BCUT2D eigenvalue weighted by atomic mass is 9.41. The second-order valence-electron chi connectivity index (χ2n) is 14.0. The van der Waals surface area contributed by atoms with Crippen molar-refractivity contribution in [2.24, 2.45) is 39.9 Å². The maximum absolute atomic E-state index is 15.7. The van der Waals surface area contributed by atoms with E-state index in [1.165, 1.54) is 31.2 Å². The van der Waals surface area contributed by atoms with Crippen molar-refractivity contribution in [2.45, 2.75) is 85.5 Å². The van der Waals surface area contributed by atoms with Crippen LogP contribution in [0.25, 0.3) is 0 Å². The van der Waals surface area contributed by atoms with E-state index in [4.69, 9.17) is 9.39 Å². The van der Waals surface area contributed by atoms with Gasteiger partial charge < -0.3 is 24.6 Å². The molecule has 9 atom stereocenters. The smallest absolute Gasteiger partial charge is 0.478 e. The van der Waals surface area contributed by atoms with Crippen molar-refractivity contribution >= 4 is 36.1 Å². The van der Waals surface area contributed by atoms with Crippen LogP contribution in [0.2, 0.25) is 0 Å². The predicted molar refractivity (Wildman–Crippen MR) is 160 cm³/mol. The number of aliphatic hydroxyl groups is 1. The van der Waals surface area contributed by atoms with Gasteiger partial charge in [-0.1, -0.05) is 39.8 Å². The van der Waals surface area contributed by atoms with Gasteiger partial charge in [-0.05, 0) is 60.0 Å². The highest BCUT2D eigenvalue weighted by Gasteiger charge is 2.69. The summed E-state index contributed by atoms with van der Waals surface area (Å²) in [5.41, 5.74) is 2.03. The summed E-state index contributed by atoms with van der Waals surface area (Å²) >= 11 is 0. The number of ether oxygens (including phenoxy) is 1. The van der Waals surface area contributed by atoms with E-state index >= 15 is 4.39 Å². The van der Waals surface area contributed by atoms with Crippen LogP contribution in [0, 0.1) is 45.7 Å². The molecule has 5 N–H and O–H groups in total. The van der Waals surface area contributed by atoms with Crippen LogP contribution in [0.4, 0.5) is 4.39 Å². The molecule has 45 heavy (non-hydrogen) atoms. The number of aliphatic hydroxyl groups excluding tert-OH is 1. The van der Waals surface area contributed by atoms with Crippen molar-refractivity contribution in [3.05, 3.63) is 35.7 Å². The maximum atomic E-state index is 15.7. The minimum absolute atomic E-state index is 0.00355. The van der Waals surface area contributed by atoms with E-state index in [9.17, 15) is 34.4 Å². The molecule has 0 saturated heterocycles. The highest BCUT2D eigenvalue weighted by atomic mass is 19.1. The van der Waals surface area contributed by atoms with Crippen LogP contribution in [0.1, 0.15) is 72.3 Å². The van der Waals surface area contributed by atoms with Crippen LogP contribution in [0.3, 0.4) is 0 Å². The Kier molecular flexibility index (Phi) is 8.69. The molecule has 3 aliphatic carbocycles. The van der Waals surface area contributed by atoms with Crippen LogP contribution >= 0.6 is 0 Å². The van der Waals surface area contributed by atoms with Gasteiger partial charge in [-0.15, -0.1) is 0 Å². The number of hydrazine groups is 1. The van der Waals surface area contributed by atoms with Crippen LogP contribution < -0.4 is 21.1 Å². The summed E-state index contributed by atoms with van der Waals surface area (Å²) in [5.74, 6) is -5.78. The number of amides is 2. The van der Waals surface area contributed by atoms with Gasteiger partial charge in [0.05, 0.1) is 12.7 Å². The summed E-state index contributed by atoms with van der Waals surface area (Å²) in [6.45, 7) is 8.83. The zero-order chi connectivity index (χ0) is 33.1. The first-order chi connectivity index (χ1) is 21.1. The molecule has 2 bridgehead atoms. The van der Waals surface area contributed by atoms with E-state index in [0.29, 0.717) is 31.2 Å². The van der Waals surface area contributed by atoms with Crippen LogP contribution in [0.15, 0.2) is 24.3 Å². The summed E-state index contributed by atoms with van der Waals surface area (Å²) in [6.07, 6.45) is 2.17. The molecule has 2 amide bonds. The molecule has 244 valence electrons. The fraction of sp³-hybridized carbons (Fsp3) is 0.625. The Labute approximate surface area is 262 Å². The maximum Gasteiger partial charge on any atom is 0.494 e. The average molecular weight is 629 g/mol. The third-order valence-electron chi connectivity index (χ3n) is 11.7. The largest absolute Gasteiger partial charge is 0.494 e. The minimum Gasteiger partial charge on any atom is -0.478 e. The molecule has 0 radical (unpaired) electrons. The third kappa shape index (κ3) is 5.36. The quantitative estimate of drug-likeness (QED) is 0.180. The minimum atomic E-state index is -1.66. The summed E-state index contributed by atoms with van der Waals surface area (Å²) in [6, 6.07) is 2.83. The fourth-order valence-corrected chi connectivity index (χ4v) is 9.13. The number of benzene rings is 1. The summed E-state index contributed by atoms with van der Waals surface area (Å²) in [4.78, 5) is 50.9. The van der Waals surface area contributed by atoms with E-state index in [-0.39, 0.29) is 41.9 Å². The Hall–Kier alpha value is -3.29. The molecule has 5 rings (SSSR count). The molecule has 0 aromatic heterocycles. The second kappa shape index (κ2) is 11.8. The van der Waals surface area contributed by atoms with Crippen molar-refractivity contribution in [3.63, 3.8) is 0 Å². The number of halogens is 1. The molecule has 11 nitrogen and oxygen atoms in total. The lowest BCUT2D eigenvalue weighted by Crippen LogP contribution is -2.63. The van der Waals surface area contributed by atoms with Crippen LogP contribution in [0.5, 0.6) is 5.75 Å². The lowest BCUT2D eigenvalue weighted by molar-refractivity contribution is -0.193. The molecule has 1 aromatic rings. The zero-order valence-corrected chi connectivity index (χ0v) is 26.3. The first-order valence-electron chi connectivity index (χ1n) is 15.5. The van der Waals surface area contributed by atoms with Gasteiger partial charge in [-0.3, -0.25) is 25.2 Å². The highest BCUT2D eigenvalue weighted by molar-refractivity contribution is 6.61. The summed E-state index contributed by atoms with van der Waals surface area (Å²) in [7, 11) is -1.52. The Morgan fingerprint density at radius 1 is 1.20 bits per heavy atom. The average Bonchev–Trinajstić information content (AvgIpc) is 3.55. The molecule has 1 unspecified atom stereocenters. The lowest BCUT2D eigenvalue weighted by Gasteiger charge is -2.63. The van der Waals surface area contributed by atoms with E-state index < -0.39 is 71.0 Å². The predicted octanol–water partition coefficient (Wildman–Crippen LogP) is 2.02. The Balaban J connectivity index is 1.65. The van der Waals surface area contributed by atoms with E-state index in [2.05, 4.69) is 10.9 Å². The standard InChI is InChI=1S/C32H42BFN2O9/c1-16-8-12-32-13-9-21(38)27(32)31(16,5)20(14-30(4,28(40)17(32)2)11-10-23(39)36-35-18(3)37)26(29(41)42)45-22-7-6-19-15-44-33(43)24(19)25(22)34/h6-7,10-11,16-17,20,26-28,40,43H,8-9,12-15H2,1-5H3,(H,35,37)(H,36,39)(H,41,42)/b11-10+/t16-,17+,20+,26?,27+,28+,30-,31-,32+/m1/s1. The van der Waals surface area contributed by atoms with Crippen molar-refractivity contribution in [3.8, 4) is 5.75 Å².